The van der Waals surface area contributed by atoms with Crippen LogP contribution >= 0.6 is 0 Å². The van der Waals surface area contributed by atoms with Gasteiger partial charge in [0.25, 0.3) is 5.56 Å². The zero-order valence-corrected chi connectivity index (χ0v) is 7.81. The summed E-state index contributed by atoms with van der Waals surface area (Å²) in [6.07, 6.45) is 2.29. The summed E-state index contributed by atoms with van der Waals surface area (Å²) in [5.74, 6) is 0. The molecule has 70 valence electrons. The van der Waals surface area contributed by atoms with E-state index in [0.717, 1.165) is 23.7 Å². The molecule has 1 heterocycles. The van der Waals surface area contributed by atoms with Crippen molar-refractivity contribution < 1.29 is 0 Å². The maximum atomic E-state index is 11.7. The molecule has 1 aliphatic rings. The van der Waals surface area contributed by atoms with E-state index in [1.165, 1.54) is 0 Å². The van der Waals surface area contributed by atoms with E-state index in [1.807, 2.05) is 34.9 Å². The van der Waals surface area contributed by atoms with Gasteiger partial charge < -0.3 is 4.57 Å². The molecule has 0 atom stereocenters. The summed E-state index contributed by atoms with van der Waals surface area (Å²) in [6, 6.07) is 12.1. The van der Waals surface area contributed by atoms with Crippen molar-refractivity contribution >= 4 is 10.9 Å². The average Bonchev–Trinajstić information content (AvgIpc) is 3.01. The third kappa shape index (κ3) is 1.07. The normalized spacial score (nSPS) is 16.0. The fraction of sp³-hybridized carbons (Fsp3) is 0.250. The van der Waals surface area contributed by atoms with Crippen LogP contribution in [0.15, 0.2) is 41.2 Å². The van der Waals surface area contributed by atoms with Crippen LogP contribution < -0.4 is 5.56 Å². The number of fused-ring (bicyclic) bond motifs is 1. The lowest BCUT2D eigenvalue weighted by molar-refractivity contribution is 0.739. The minimum atomic E-state index is 0.131. The molecular weight excluding hydrogens is 174 g/mol. The van der Waals surface area contributed by atoms with Crippen LogP contribution in [0.5, 0.6) is 0 Å². The number of hydrogen-bond donors (Lipinski definition) is 0. The highest BCUT2D eigenvalue weighted by Gasteiger charge is 2.25. The van der Waals surface area contributed by atoms with E-state index in [4.69, 9.17) is 0 Å². The first kappa shape index (κ1) is 7.80. The maximum Gasteiger partial charge on any atom is 0.251 e. The van der Waals surface area contributed by atoms with Gasteiger partial charge in [-0.2, -0.15) is 0 Å². The number of nitrogens with zero attached hydrogens (tertiary/aromatic N) is 1. The van der Waals surface area contributed by atoms with E-state index in [9.17, 15) is 4.79 Å². The molecule has 0 saturated heterocycles. The average molecular weight is 185 g/mol. The number of benzene rings is 1. The lowest BCUT2D eigenvalue weighted by Crippen LogP contribution is -2.17. The second-order valence-corrected chi connectivity index (χ2v) is 3.83. The molecule has 1 fully saturated rings. The van der Waals surface area contributed by atoms with Crippen LogP contribution in [0.25, 0.3) is 10.9 Å². The zero-order valence-electron chi connectivity index (χ0n) is 7.81. The highest BCUT2D eigenvalue weighted by molar-refractivity contribution is 5.78. The summed E-state index contributed by atoms with van der Waals surface area (Å²) in [4.78, 5) is 11.7. The van der Waals surface area contributed by atoms with Crippen molar-refractivity contribution in [2.24, 2.45) is 0 Å². The Morgan fingerprint density at radius 2 is 1.86 bits per heavy atom. The van der Waals surface area contributed by atoms with Crippen LogP contribution in [0.4, 0.5) is 0 Å². The molecule has 1 aromatic heterocycles. The largest absolute Gasteiger partial charge is 0.305 e. The summed E-state index contributed by atoms with van der Waals surface area (Å²) in [7, 11) is 0. The third-order valence-electron chi connectivity index (χ3n) is 2.75. The zero-order chi connectivity index (χ0) is 9.54. The molecular formula is C12H11NO. The highest BCUT2D eigenvalue weighted by atomic mass is 16.1. The van der Waals surface area contributed by atoms with E-state index in [0.29, 0.717) is 6.04 Å². The van der Waals surface area contributed by atoms with Gasteiger partial charge in [-0.1, -0.05) is 18.2 Å². The smallest absolute Gasteiger partial charge is 0.251 e. The molecule has 0 unspecified atom stereocenters. The fourth-order valence-corrected chi connectivity index (χ4v) is 1.92. The second-order valence-electron chi connectivity index (χ2n) is 3.83. The second kappa shape index (κ2) is 2.71. The van der Waals surface area contributed by atoms with Gasteiger partial charge in [0.2, 0.25) is 0 Å². The van der Waals surface area contributed by atoms with Crippen molar-refractivity contribution in [3.63, 3.8) is 0 Å². The predicted molar refractivity (Wildman–Crippen MR) is 56.5 cm³/mol. The van der Waals surface area contributed by atoms with Crippen molar-refractivity contribution in [1.29, 1.82) is 0 Å². The predicted octanol–water partition coefficient (Wildman–Crippen LogP) is 2.34. The molecule has 0 radical (unpaired) electrons. The quantitative estimate of drug-likeness (QED) is 0.668. The van der Waals surface area contributed by atoms with Gasteiger partial charge in [-0.3, -0.25) is 4.79 Å². The Balaban J connectivity index is 2.42. The van der Waals surface area contributed by atoms with Crippen LogP contribution in [0, 0.1) is 0 Å². The summed E-state index contributed by atoms with van der Waals surface area (Å²) >= 11 is 0. The van der Waals surface area contributed by atoms with E-state index < -0.39 is 0 Å². The van der Waals surface area contributed by atoms with Gasteiger partial charge >= 0.3 is 0 Å². The number of aromatic nitrogens is 1. The molecule has 14 heavy (non-hydrogen) atoms. The third-order valence-corrected chi connectivity index (χ3v) is 2.75. The highest BCUT2D eigenvalue weighted by Crippen LogP contribution is 2.35. The Bertz CT molecular complexity index is 537. The maximum absolute atomic E-state index is 11.7. The van der Waals surface area contributed by atoms with Gasteiger partial charge in [-0.25, -0.2) is 0 Å². The lowest BCUT2D eigenvalue weighted by Gasteiger charge is -2.07. The summed E-state index contributed by atoms with van der Waals surface area (Å²) in [5, 5.41) is 1.15. The first-order chi connectivity index (χ1) is 6.86. The SMILES string of the molecule is O=c1ccc2ccccc2n1C1CC1. The number of rotatable bonds is 1. The van der Waals surface area contributed by atoms with Gasteiger partial charge in [0.1, 0.15) is 0 Å². The van der Waals surface area contributed by atoms with Crippen LogP contribution in [0.2, 0.25) is 0 Å². The Labute approximate surface area is 81.8 Å². The Morgan fingerprint density at radius 3 is 2.64 bits per heavy atom. The number of hydrogen-bond acceptors (Lipinski definition) is 1. The van der Waals surface area contributed by atoms with Gasteiger partial charge in [0.15, 0.2) is 0 Å². The topological polar surface area (TPSA) is 22.0 Å². The van der Waals surface area contributed by atoms with Crippen molar-refractivity contribution in [3.05, 3.63) is 46.8 Å². The van der Waals surface area contributed by atoms with Crippen molar-refractivity contribution in [1.82, 2.24) is 4.57 Å². The monoisotopic (exact) mass is 185 g/mol. The van der Waals surface area contributed by atoms with Crippen molar-refractivity contribution in [2.75, 3.05) is 0 Å². The van der Waals surface area contributed by atoms with Gasteiger partial charge in [0, 0.05) is 12.1 Å². The van der Waals surface area contributed by atoms with Gasteiger partial charge in [0.05, 0.1) is 5.52 Å². The molecule has 0 bridgehead atoms. The standard InChI is InChI=1S/C12H11NO/c14-12-8-5-9-3-1-2-4-11(9)13(12)10-6-7-10/h1-5,8,10H,6-7H2. The fourth-order valence-electron chi connectivity index (χ4n) is 1.92. The molecule has 0 N–H and O–H groups in total. The molecule has 0 spiro atoms. The molecule has 1 saturated carbocycles. The van der Waals surface area contributed by atoms with Crippen molar-refractivity contribution in [3.8, 4) is 0 Å². The first-order valence-corrected chi connectivity index (χ1v) is 4.96. The van der Waals surface area contributed by atoms with Crippen LogP contribution in [-0.4, -0.2) is 4.57 Å². The molecule has 1 aromatic carbocycles. The number of para-hydroxylation sites is 1. The van der Waals surface area contributed by atoms with Crippen molar-refractivity contribution in [2.45, 2.75) is 18.9 Å². The molecule has 2 aromatic rings. The van der Waals surface area contributed by atoms with E-state index in [1.54, 1.807) is 6.07 Å². The Hall–Kier alpha value is -1.57. The van der Waals surface area contributed by atoms with E-state index in [-0.39, 0.29) is 5.56 Å². The molecule has 2 heteroatoms. The lowest BCUT2D eigenvalue weighted by atomic mass is 10.2. The number of pyridine rings is 1. The molecule has 2 nitrogen and oxygen atoms in total. The molecule has 0 amide bonds. The first-order valence-electron chi connectivity index (χ1n) is 4.96. The van der Waals surface area contributed by atoms with E-state index in [2.05, 4.69) is 0 Å². The minimum absolute atomic E-state index is 0.131. The summed E-state index contributed by atoms with van der Waals surface area (Å²) < 4.78 is 1.93. The minimum Gasteiger partial charge on any atom is -0.305 e. The molecule has 0 aliphatic heterocycles. The Morgan fingerprint density at radius 1 is 1.07 bits per heavy atom. The molecule has 1 aliphatic carbocycles. The van der Waals surface area contributed by atoms with Gasteiger partial charge in [-0.05, 0) is 30.4 Å². The molecule has 3 rings (SSSR count). The van der Waals surface area contributed by atoms with Crippen LogP contribution in [0.1, 0.15) is 18.9 Å². The van der Waals surface area contributed by atoms with Crippen LogP contribution in [0.3, 0.4) is 0 Å². The Kier molecular flexibility index (Phi) is 1.51. The van der Waals surface area contributed by atoms with Gasteiger partial charge in [-0.15, -0.1) is 0 Å². The van der Waals surface area contributed by atoms with Crippen LogP contribution in [-0.2, 0) is 0 Å². The van der Waals surface area contributed by atoms with E-state index >= 15 is 0 Å². The summed E-state index contributed by atoms with van der Waals surface area (Å²) in [6.45, 7) is 0. The summed E-state index contributed by atoms with van der Waals surface area (Å²) in [5.41, 5.74) is 1.20.